The maximum absolute atomic E-state index is 13.1. The van der Waals surface area contributed by atoms with Gasteiger partial charge >= 0.3 is 0 Å². The third kappa shape index (κ3) is 4.69. The molecule has 0 unspecified atom stereocenters. The number of para-hydroxylation sites is 3. The molecule has 4 rings (SSSR count). The Bertz CT molecular complexity index is 1070. The number of ether oxygens (including phenoxy) is 2. The molecule has 0 aliphatic carbocycles. The zero-order chi connectivity index (χ0) is 21.6. The number of hydrogen-bond donors (Lipinski definition) is 1. The van der Waals surface area contributed by atoms with E-state index in [4.69, 9.17) is 9.47 Å². The molecule has 0 spiro atoms. The van der Waals surface area contributed by atoms with E-state index >= 15 is 0 Å². The van der Waals surface area contributed by atoms with Crippen molar-refractivity contribution in [1.29, 1.82) is 0 Å². The predicted octanol–water partition coefficient (Wildman–Crippen LogP) is 3.20. The Morgan fingerprint density at radius 3 is 2.52 bits per heavy atom. The lowest BCUT2D eigenvalue weighted by Gasteiger charge is -2.34. The second kappa shape index (κ2) is 9.34. The molecule has 2 amide bonds. The Balaban J connectivity index is 1.49. The second-order valence-corrected chi connectivity index (χ2v) is 7.25. The van der Waals surface area contributed by atoms with Crippen molar-refractivity contribution < 1.29 is 19.1 Å². The van der Waals surface area contributed by atoms with E-state index < -0.39 is 6.10 Å². The molecule has 1 aliphatic rings. The average molecular weight is 416 g/mol. The van der Waals surface area contributed by atoms with Gasteiger partial charge in [0.2, 0.25) is 0 Å². The fourth-order valence-corrected chi connectivity index (χ4v) is 3.59. The van der Waals surface area contributed by atoms with Crippen molar-refractivity contribution in [2.24, 2.45) is 0 Å². The van der Waals surface area contributed by atoms with Crippen molar-refractivity contribution in [3.05, 3.63) is 90.0 Å². The monoisotopic (exact) mass is 416 g/mol. The van der Waals surface area contributed by atoms with Crippen molar-refractivity contribution in [2.75, 3.05) is 25.1 Å². The van der Waals surface area contributed by atoms with Crippen LogP contribution in [0.4, 0.5) is 5.69 Å². The summed E-state index contributed by atoms with van der Waals surface area (Å²) in [7, 11) is 1.55. The van der Waals surface area contributed by atoms with Gasteiger partial charge in [0.1, 0.15) is 11.5 Å². The Hall–Kier alpha value is -3.80. The van der Waals surface area contributed by atoms with Crippen LogP contribution in [-0.2, 0) is 16.0 Å². The van der Waals surface area contributed by atoms with Crippen LogP contribution in [0.25, 0.3) is 0 Å². The SMILES string of the molecule is CNC(=O)[C@@H]1CN(C(=O)COc2ccccc2Cc2ccccc2)c2ccccc2O1. The van der Waals surface area contributed by atoms with Gasteiger partial charge in [0.25, 0.3) is 11.8 Å². The van der Waals surface area contributed by atoms with Gasteiger partial charge in [-0.15, -0.1) is 0 Å². The predicted molar refractivity (Wildman–Crippen MR) is 118 cm³/mol. The standard InChI is InChI=1S/C25H24N2O4/c1-26-25(29)23-16-27(20-12-6-8-14-22(20)31-23)24(28)17-30-21-13-7-5-11-19(21)15-18-9-3-2-4-10-18/h2-14,23H,15-17H2,1H3,(H,26,29)/t23-/m0/s1. The Morgan fingerprint density at radius 1 is 1.00 bits per heavy atom. The highest BCUT2D eigenvalue weighted by Crippen LogP contribution is 2.33. The first-order valence-electron chi connectivity index (χ1n) is 10.2. The number of nitrogens with one attached hydrogen (secondary N) is 1. The molecule has 0 radical (unpaired) electrons. The van der Waals surface area contributed by atoms with Gasteiger partial charge in [-0.3, -0.25) is 9.59 Å². The van der Waals surface area contributed by atoms with E-state index in [1.807, 2.05) is 54.6 Å². The number of likely N-dealkylation sites (N-methyl/N-ethyl adjacent to an activating group) is 1. The molecule has 3 aromatic rings. The Morgan fingerprint density at radius 2 is 1.71 bits per heavy atom. The van der Waals surface area contributed by atoms with E-state index in [9.17, 15) is 9.59 Å². The van der Waals surface area contributed by atoms with Gasteiger partial charge in [-0.2, -0.15) is 0 Å². The number of hydrogen-bond acceptors (Lipinski definition) is 4. The number of benzene rings is 3. The Labute approximate surface area is 181 Å². The molecule has 0 saturated heterocycles. The molecule has 3 aromatic carbocycles. The van der Waals surface area contributed by atoms with Crippen LogP contribution >= 0.6 is 0 Å². The van der Waals surface area contributed by atoms with Crippen molar-refractivity contribution in [3.63, 3.8) is 0 Å². The molecule has 6 heteroatoms. The van der Waals surface area contributed by atoms with Gasteiger partial charge in [0.15, 0.2) is 12.7 Å². The smallest absolute Gasteiger partial charge is 0.265 e. The van der Waals surface area contributed by atoms with Gasteiger partial charge in [0.05, 0.1) is 12.2 Å². The summed E-state index contributed by atoms with van der Waals surface area (Å²) in [6.07, 6.45) is -0.0566. The van der Waals surface area contributed by atoms with Gasteiger partial charge in [-0.05, 0) is 29.3 Å². The molecule has 1 heterocycles. The first-order valence-corrected chi connectivity index (χ1v) is 10.2. The normalized spacial score (nSPS) is 14.9. The first kappa shape index (κ1) is 20.5. The number of amides is 2. The van der Waals surface area contributed by atoms with Gasteiger partial charge < -0.3 is 19.7 Å². The summed E-state index contributed by atoms with van der Waals surface area (Å²) in [6.45, 7) is -0.00879. The molecular formula is C25H24N2O4. The fraction of sp³-hybridized carbons (Fsp3) is 0.200. The molecule has 0 saturated carbocycles. The second-order valence-electron chi connectivity index (χ2n) is 7.25. The van der Waals surface area contributed by atoms with Gasteiger partial charge in [-0.1, -0.05) is 60.7 Å². The third-order valence-corrected chi connectivity index (χ3v) is 5.17. The van der Waals surface area contributed by atoms with Crippen LogP contribution in [0, 0.1) is 0 Å². The van der Waals surface area contributed by atoms with Gasteiger partial charge in [-0.25, -0.2) is 0 Å². The summed E-state index contributed by atoms with van der Waals surface area (Å²) >= 11 is 0. The largest absolute Gasteiger partial charge is 0.483 e. The van der Waals surface area contributed by atoms with Crippen LogP contribution in [0.2, 0.25) is 0 Å². The quantitative estimate of drug-likeness (QED) is 0.670. The number of fused-ring (bicyclic) bond motifs is 1. The molecule has 1 N–H and O–H groups in total. The van der Waals surface area contributed by atoms with Crippen LogP contribution in [0.3, 0.4) is 0 Å². The maximum atomic E-state index is 13.1. The highest BCUT2D eigenvalue weighted by Gasteiger charge is 2.33. The molecule has 1 atom stereocenters. The molecule has 0 fully saturated rings. The molecule has 1 aliphatic heterocycles. The van der Waals surface area contributed by atoms with Crippen LogP contribution < -0.4 is 19.7 Å². The van der Waals surface area contributed by atoms with Crippen molar-refractivity contribution in [1.82, 2.24) is 5.32 Å². The number of rotatable bonds is 6. The van der Waals surface area contributed by atoms with Crippen LogP contribution in [0.15, 0.2) is 78.9 Å². The van der Waals surface area contributed by atoms with E-state index in [2.05, 4.69) is 17.4 Å². The molecule has 31 heavy (non-hydrogen) atoms. The minimum atomic E-state index is -0.769. The molecule has 6 nitrogen and oxygen atoms in total. The van der Waals surface area contributed by atoms with E-state index in [-0.39, 0.29) is 25.0 Å². The summed E-state index contributed by atoms with van der Waals surface area (Å²) in [5.74, 6) is 0.657. The molecule has 158 valence electrons. The summed E-state index contributed by atoms with van der Waals surface area (Å²) in [5.41, 5.74) is 2.81. The number of carbonyl (C=O) groups is 2. The van der Waals surface area contributed by atoms with Crippen LogP contribution in [0.1, 0.15) is 11.1 Å². The minimum Gasteiger partial charge on any atom is -0.483 e. The van der Waals surface area contributed by atoms with Crippen LogP contribution in [-0.4, -0.2) is 38.1 Å². The van der Waals surface area contributed by atoms with E-state index in [0.29, 0.717) is 23.6 Å². The molecule has 0 aromatic heterocycles. The maximum Gasteiger partial charge on any atom is 0.265 e. The number of anilines is 1. The lowest BCUT2D eigenvalue weighted by Crippen LogP contribution is -2.51. The zero-order valence-corrected chi connectivity index (χ0v) is 17.3. The third-order valence-electron chi connectivity index (χ3n) is 5.17. The topological polar surface area (TPSA) is 67.9 Å². The van der Waals surface area contributed by atoms with Crippen molar-refractivity contribution >= 4 is 17.5 Å². The van der Waals surface area contributed by atoms with E-state index in [0.717, 1.165) is 5.56 Å². The zero-order valence-electron chi connectivity index (χ0n) is 17.3. The minimum absolute atomic E-state index is 0.130. The fourth-order valence-electron chi connectivity index (χ4n) is 3.59. The highest BCUT2D eigenvalue weighted by molar-refractivity contribution is 5.98. The van der Waals surface area contributed by atoms with E-state index in [1.54, 1.807) is 24.1 Å². The van der Waals surface area contributed by atoms with Crippen molar-refractivity contribution in [2.45, 2.75) is 12.5 Å². The summed E-state index contributed by atoms with van der Waals surface area (Å²) in [6, 6.07) is 25.0. The van der Waals surface area contributed by atoms with Crippen molar-refractivity contribution in [3.8, 4) is 11.5 Å². The summed E-state index contributed by atoms with van der Waals surface area (Å²) in [5, 5.41) is 2.58. The first-order chi connectivity index (χ1) is 15.2. The summed E-state index contributed by atoms with van der Waals surface area (Å²) < 4.78 is 11.7. The summed E-state index contributed by atoms with van der Waals surface area (Å²) in [4.78, 5) is 26.8. The Kier molecular flexibility index (Phi) is 6.17. The number of carbonyl (C=O) groups excluding carboxylic acids is 2. The number of nitrogens with zero attached hydrogens (tertiary/aromatic N) is 1. The van der Waals surface area contributed by atoms with E-state index in [1.165, 1.54) is 5.56 Å². The highest BCUT2D eigenvalue weighted by atomic mass is 16.5. The lowest BCUT2D eigenvalue weighted by atomic mass is 10.0. The lowest BCUT2D eigenvalue weighted by molar-refractivity contribution is -0.128. The molecule has 0 bridgehead atoms. The van der Waals surface area contributed by atoms with Crippen LogP contribution in [0.5, 0.6) is 11.5 Å². The molecular weight excluding hydrogens is 392 g/mol. The average Bonchev–Trinajstić information content (AvgIpc) is 2.82. The van der Waals surface area contributed by atoms with Gasteiger partial charge in [0, 0.05) is 13.5 Å².